The van der Waals surface area contributed by atoms with Crippen LogP contribution < -0.4 is 0 Å². The number of carbonyl (C=O) groups excluding carboxylic acids is 1. The van der Waals surface area contributed by atoms with Crippen LogP contribution >= 0.6 is 11.8 Å². The molecule has 1 aliphatic rings. The number of hydrogen-bond donors (Lipinski definition) is 0. The first-order valence-corrected chi connectivity index (χ1v) is 11.1. The highest BCUT2D eigenvalue weighted by Gasteiger charge is 2.34. The summed E-state index contributed by atoms with van der Waals surface area (Å²) >= 11 is 1.23. The van der Waals surface area contributed by atoms with Crippen LogP contribution in [-0.2, 0) is 11.3 Å². The SMILES string of the molecule is CC(/C=C1\S/C(=N\N=C\c2ccc([N+](=O)[O-])cc2)N(Cc2ccco2)C1=O)=C\c1ccccc1. The maximum absolute atomic E-state index is 13.1. The number of amides is 1. The third-order valence-electron chi connectivity index (χ3n) is 4.79. The van der Waals surface area contributed by atoms with Crippen LogP contribution in [0.1, 0.15) is 23.8 Å². The molecular formula is C25H20N4O4S. The summed E-state index contributed by atoms with van der Waals surface area (Å²) in [6.07, 6.45) is 6.86. The zero-order valence-corrected chi connectivity index (χ0v) is 19.0. The molecule has 0 bridgehead atoms. The lowest BCUT2D eigenvalue weighted by Crippen LogP contribution is -2.28. The molecular weight excluding hydrogens is 452 g/mol. The van der Waals surface area contributed by atoms with Gasteiger partial charge < -0.3 is 4.42 Å². The van der Waals surface area contributed by atoms with Crippen molar-refractivity contribution in [3.05, 3.63) is 117 Å². The van der Waals surface area contributed by atoms with Gasteiger partial charge in [-0.2, -0.15) is 5.10 Å². The fourth-order valence-corrected chi connectivity index (χ4v) is 4.15. The molecule has 4 rings (SSSR count). The second-order valence-electron chi connectivity index (χ2n) is 7.36. The Kier molecular flexibility index (Phi) is 7.14. The Hall–Kier alpha value is -4.24. The molecule has 0 N–H and O–H groups in total. The van der Waals surface area contributed by atoms with Crippen molar-refractivity contribution in [1.29, 1.82) is 0 Å². The Morgan fingerprint density at radius 2 is 1.85 bits per heavy atom. The highest BCUT2D eigenvalue weighted by molar-refractivity contribution is 8.18. The van der Waals surface area contributed by atoms with Gasteiger partial charge in [-0.1, -0.05) is 36.4 Å². The van der Waals surface area contributed by atoms with E-state index in [0.717, 1.165) is 11.1 Å². The van der Waals surface area contributed by atoms with Crippen molar-refractivity contribution in [2.24, 2.45) is 10.2 Å². The zero-order chi connectivity index (χ0) is 23.9. The van der Waals surface area contributed by atoms with Crippen molar-refractivity contribution in [3.8, 4) is 0 Å². The first-order valence-electron chi connectivity index (χ1n) is 10.3. The van der Waals surface area contributed by atoms with Crippen molar-refractivity contribution in [2.75, 3.05) is 0 Å². The number of nitrogens with zero attached hydrogens (tertiary/aromatic N) is 4. The Morgan fingerprint density at radius 1 is 1.09 bits per heavy atom. The van der Waals surface area contributed by atoms with Gasteiger partial charge in [-0.05, 0) is 65.7 Å². The van der Waals surface area contributed by atoms with E-state index >= 15 is 0 Å². The summed E-state index contributed by atoms with van der Waals surface area (Å²) in [7, 11) is 0. The van der Waals surface area contributed by atoms with Crippen molar-refractivity contribution in [2.45, 2.75) is 13.5 Å². The summed E-state index contributed by atoms with van der Waals surface area (Å²) in [4.78, 5) is 25.5. The van der Waals surface area contributed by atoms with E-state index in [1.165, 1.54) is 35.0 Å². The molecule has 1 saturated heterocycles. The lowest BCUT2D eigenvalue weighted by atomic mass is 10.1. The third kappa shape index (κ3) is 5.76. The fraction of sp³-hybridized carbons (Fsp3) is 0.0800. The number of amidine groups is 1. The van der Waals surface area contributed by atoms with Gasteiger partial charge in [0.15, 0.2) is 5.17 Å². The number of allylic oxidation sites excluding steroid dienone is 2. The minimum atomic E-state index is -0.462. The van der Waals surface area contributed by atoms with E-state index in [9.17, 15) is 14.9 Å². The highest BCUT2D eigenvalue weighted by Crippen LogP contribution is 2.33. The van der Waals surface area contributed by atoms with Crippen molar-refractivity contribution < 1.29 is 14.1 Å². The second-order valence-corrected chi connectivity index (χ2v) is 8.37. The third-order valence-corrected chi connectivity index (χ3v) is 5.79. The number of non-ortho nitro benzene ring substituents is 1. The summed E-state index contributed by atoms with van der Waals surface area (Å²) in [6.45, 7) is 2.16. The van der Waals surface area contributed by atoms with Gasteiger partial charge in [-0.15, -0.1) is 5.10 Å². The van der Waals surface area contributed by atoms with E-state index in [1.807, 2.05) is 49.4 Å². The molecule has 1 aromatic heterocycles. The summed E-state index contributed by atoms with van der Waals surface area (Å²) in [6, 6.07) is 19.4. The smallest absolute Gasteiger partial charge is 0.269 e. The number of furan rings is 1. The number of rotatable bonds is 7. The number of hydrogen-bond acceptors (Lipinski definition) is 7. The van der Waals surface area contributed by atoms with Crippen LogP contribution in [0.15, 0.2) is 104 Å². The molecule has 0 unspecified atom stereocenters. The largest absolute Gasteiger partial charge is 0.467 e. The number of benzene rings is 2. The Bertz CT molecular complexity index is 1290. The van der Waals surface area contributed by atoms with Crippen molar-refractivity contribution in [1.82, 2.24) is 4.90 Å². The lowest BCUT2D eigenvalue weighted by Gasteiger charge is -2.12. The van der Waals surface area contributed by atoms with E-state index in [2.05, 4.69) is 10.2 Å². The standard InChI is InChI=1S/C25H20N4O4S/c1-18(14-19-6-3-2-4-7-19)15-23-24(30)28(17-22-8-5-13-33-22)25(34-23)27-26-16-20-9-11-21(12-10-20)29(31)32/h2-16H,17H2,1H3/b18-14+,23-15-,26-16+,27-25-. The molecule has 1 amide bonds. The van der Waals surface area contributed by atoms with Gasteiger partial charge in [0.05, 0.1) is 28.9 Å². The van der Waals surface area contributed by atoms with Gasteiger partial charge in [0.1, 0.15) is 5.76 Å². The molecule has 2 heterocycles. The monoisotopic (exact) mass is 472 g/mol. The quantitative estimate of drug-likeness (QED) is 0.192. The van der Waals surface area contributed by atoms with Crippen LogP contribution in [-0.4, -0.2) is 27.1 Å². The molecule has 1 aliphatic heterocycles. The summed E-state index contributed by atoms with van der Waals surface area (Å²) in [5.74, 6) is 0.435. The highest BCUT2D eigenvalue weighted by atomic mass is 32.2. The summed E-state index contributed by atoms with van der Waals surface area (Å²) < 4.78 is 5.41. The molecule has 0 atom stereocenters. The molecule has 34 heavy (non-hydrogen) atoms. The molecule has 9 heteroatoms. The molecule has 3 aromatic rings. The fourth-order valence-electron chi connectivity index (χ4n) is 3.17. The number of nitro benzene ring substituents is 1. The van der Waals surface area contributed by atoms with Gasteiger partial charge in [-0.3, -0.25) is 19.8 Å². The van der Waals surface area contributed by atoms with Gasteiger partial charge in [0, 0.05) is 12.1 Å². The predicted octanol–water partition coefficient (Wildman–Crippen LogP) is 5.64. The van der Waals surface area contributed by atoms with E-state index < -0.39 is 4.92 Å². The lowest BCUT2D eigenvalue weighted by molar-refractivity contribution is -0.384. The Labute approximate surface area is 200 Å². The van der Waals surface area contributed by atoms with Crippen molar-refractivity contribution >= 4 is 40.8 Å². The van der Waals surface area contributed by atoms with Gasteiger partial charge in [-0.25, -0.2) is 0 Å². The van der Waals surface area contributed by atoms with Crippen LogP contribution in [0, 0.1) is 10.1 Å². The maximum Gasteiger partial charge on any atom is 0.269 e. The molecule has 0 spiro atoms. The second kappa shape index (κ2) is 10.6. The van der Waals surface area contributed by atoms with Crippen LogP contribution in [0.25, 0.3) is 6.08 Å². The van der Waals surface area contributed by atoms with Crippen LogP contribution in [0.2, 0.25) is 0 Å². The van der Waals surface area contributed by atoms with Crippen LogP contribution in [0.3, 0.4) is 0 Å². The molecule has 0 saturated carbocycles. The molecule has 8 nitrogen and oxygen atoms in total. The molecule has 170 valence electrons. The zero-order valence-electron chi connectivity index (χ0n) is 18.2. The van der Waals surface area contributed by atoms with Gasteiger partial charge in [0.2, 0.25) is 0 Å². The van der Waals surface area contributed by atoms with Crippen LogP contribution in [0.4, 0.5) is 5.69 Å². The van der Waals surface area contributed by atoms with Gasteiger partial charge >= 0.3 is 0 Å². The molecule has 0 aliphatic carbocycles. The van der Waals surface area contributed by atoms with E-state index in [-0.39, 0.29) is 18.1 Å². The predicted molar refractivity (Wildman–Crippen MR) is 133 cm³/mol. The number of nitro groups is 1. The molecule has 2 aromatic carbocycles. The van der Waals surface area contributed by atoms with Gasteiger partial charge in [0.25, 0.3) is 11.6 Å². The minimum Gasteiger partial charge on any atom is -0.467 e. The minimum absolute atomic E-state index is 0.00117. The topological polar surface area (TPSA) is 101 Å². The van der Waals surface area contributed by atoms with Crippen molar-refractivity contribution in [3.63, 3.8) is 0 Å². The molecule has 1 fully saturated rings. The van der Waals surface area contributed by atoms with E-state index in [4.69, 9.17) is 4.42 Å². The first-order chi connectivity index (χ1) is 16.5. The van der Waals surface area contributed by atoms with E-state index in [0.29, 0.717) is 21.4 Å². The van der Waals surface area contributed by atoms with Crippen LogP contribution in [0.5, 0.6) is 0 Å². The Morgan fingerprint density at radius 3 is 2.53 bits per heavy atom. The normalized spacial score (nSPS) is 16.8. The average Bonchev–Trinajstić information content (AvgIpc) is 3.44. The number of thioether (sulfide) groups is 1. The summed E-state index contributed by atoms with van der Waals surface area (Å²) in [5, 5.41) is 19.6. The maximum atomic E-state index is 13.1. The summed E-state index contributed by atoms with van der Waals surface area (Å²) in [5.41, 5.74) is 2.62. The molecule has 0 radical (unpaired) electrons. The van der Waals surface area contributed by atoms with E-state index in [1.54, 1.807) is 30.5 Å². The first kappa shape index (κ1) is 22.9. The average molecular weight is 473 g/mol. The Balaban J connectivity index is 1.57. The number of carbonyl (C=O) groups is 1.